The third-order valence-corrected chi connectivity index (χ3v) is 4.63. The maximum absolute atomic E-state index is 12.1. The number of aliphatic hydroxyl groups excluding tert-OH is 2. The maximum atomic E-state index is 12.1. The molecule has 0 aliphatic heterocycles. The average molecular weight is 350 g/mol. The molecule has 1 aliphatic rings. The van der Waals surface area contributed by atoms with Gasteiger partial charge in [-0.15, -0.1) is 0 Å². The topological polar surface area (TPSA) is 93.1 Å². The summed E-state index contributed by atoms with van der Waals surface area (Å²) in [6, 6.07) is 6.10. The van der Waals surface area contributed by atoms with Crippen LogP contribution in [0.1, 0.15) is 52.8 Å². The molecule has 0 aromatic heterocycles. The molecule has 0 spiro atoms. The molecule has 2 N–H and O–H groups in total. The van der Waals surface area contributed by atoms with E-state index in [2.05, 4.69) is 0 Å². The summed E-state index contributed by atoms with van der Waals surface area (Å²) in [6.07, 6.45) is 5.06. The van der Waals surface area contributed by atoms with E-state index in [-0.39, 0.29) is 19.8 Å². The Labute approximate surface area is 147 Å². The van der Waals surface area contributed by atoms with Gasteiger partial charge in [-0.3, -0.25) is 0 Å². The lowest BCUT2D eigenvalue weighted by molar-refractivity contribution is 0.0387. The number of carbonyl (C=O) groups is 2. The van der Waals surface area contributed by atoms with Crippen molar-refractivity contribution in [1.82, 2.24) is 0 Å². The van der Waals surface area contributed by atoms with Crippen LogP contribution in [0.2, 0.25) is 0 Å². The first-order chi connectivity index (χ1) is 12.1. The monoisotopic (exact) mass is 350 g/mol. The minimum Gasteiger partial charge on any atom is -0.462 e. The van der Waals surface area contributed by atoms with E-state index in [1.54, 1.807) is 0 Å². The van der Waals surface area contributed by atoms with Crippen molar-refractivity contribution in [3.05, 3.63) is 35.4 Å². The zero-order chi connectivity index (χ0) is 18.1. The number of hydrogen-bond donors (Lipinski definition) is 2. The Morgan fingerprint density at radius 2 is 1.36 bits per heavy atom. The van der Waals surface area contributed by atoms with Crippen molar-refractivity contribution in [3.8, 4) is 0 Å². The van der Waals surface area contributed by atoms with Crippen LogP contribution in [-0.2, 0) is 9.47 Å². The molecule has 6 heteroatoms. The fourth-order valence-electron chi connectivity index (χ4n) is 3.11. The lowest BCUT2D eigenvalue weighted by Gasteiger charge is -2.27. The molecule has 1 aromatic carbocycles. The average Bonchev–Trinajstić information content (AvgIpc) is 2.65. The molecule has 6 nitrogen and oxygen atoms in total. The number of benzene rings is 1. The zero-order valence-corrected chi connectivity index (χ0v) is 14.4. The van der Waals surface area contributed by atoms with E-state index in [1.165, 1.54) is 24.3 Å². The van der Waals surface area contributed by atoms with Gasteiger partial charge in [0.25, 0.3) is 0 Å². The van der Waals surface area contributed by atoms with E-state index < -0.39 is 11.9 Å². The lowest BCUT2D eigenvalue weighted by Crippen LogP contribution is -2.21. The van der Waals surface area contributed by atoms with Crippen LogP contribution in [-0.4, -0.2) is 48.6 Å². The number of esters is 2. The highest BCUT2D eigenvalue weighted by Crippen LogP contribution is 2.30. The molecule has 0 bridgehead atoms. The van der Waals surface area contributed by atoms with Crippen molar-refractivity contribution in [1.29, 1.82) is 0 Å². The maximum Gasteiger partial charge on any atom is 0.338 e. The van der Waals surface area contributed by atoms with Gasteiger partial charge in [-0.2, -0.15) is 0 Å². The summed E-state index contributed by atoms with van der Waals surface area (Å²) in [4.78, 5) is 23.7. The smallest absolute Gasteiger partial charge is 0.338 e. The van der Waals surface area contributed by atoms with Gasteiger partial charge >= 0.3 is 11.9 Å². The van der Waals surface area contributed by atoms with Crippen LogP contribution in [0.3, 0.4) is 0 Å². The quantitative estimate of drug-likeness (QED) is 0.698. The van der Waals surface area contributed by atoms with Crippen LogP contribution in [0.4, 0.5) is 0 Å². The van der Waals surface area contributed by atoms with Gasteiger partial charge in [0.1, 0.15) is 6.61 Å². The summed E-state index contributed by atoms with van der Waals surface area (Å²) in [7, 11) is 0. The molecule has 1 aliphatic carbocycles. The highest BCUT2D eigenvalue weighted by Gasteiger charge is 2.22. The molecule has 0 saturated heterocycles. The summed E-state index contributed by atoms with van der Waals surface area (Å²) in [6.45, 7) is 0.375. The highest BCUT2D eigenvalue weighted by molar-refractivity contribution is 5.93. The molecule has 0 unspecified atom stereocenters. The summed E-state index contributed by atoms with van der Waals surface area (Å²) in [5.74, 6) is 0.0445. The Kier molecular flexibility index (Phi) is 7.88. The molecular formula is C19H26O6. The van der Waals surface area contributed by atoms with Crippen molar-refractivity contribution < 1.29 is 29.3 Å². The van der Waals surface area contributed by atoms with E-state index in [0.717, 1.165) is 32.1 Å². The van der Waals surface area contributed by atoms with E-state index in [0.29, 0.717) is 29.6 Å². The lowest BCUT2D eigenvalue weighted by atomic mass is 9.81. The van der Waals surface area contributed by atoms with E-state index in [9.17, 15) is 9.59 Å². The number of hydrogen-bond acceptors (Lipinski definition) is 6. The second kappa shape index (κ2) is 10.2. The van der Waals surface area contributed by atoms with Crippen LogP contribution in [0, 0.1) is 11.8 Å². The van der Waals surface area contributed by atoms with Gasteiger partial charge in [0.2, 0.25) is 0 Å². The van der Waals surface area contributed by atoms with Gasteiger partial charge in [0.05, 0.1) is 24.3 Å². The van der Waals surface area contributed by atoms with E-state index >= 15 is 0 Å². The molecule has 1 aromatic rings. The van der Waals surface area contributed by atoms with E-state index in [4.69, 9.17) is 19.7 Å². The molecule has 1 saturated carbocycles. The van der Waals surface area contributed by atoms with Gasteiger partial charge in [0, 0.05) is 6.61 Å². The number of aliphatic hydroxyl groups is 2. The Hall–Kier alpha value is -1.92. The number of ether oxygens (including phenoxy) is 2. The van der Waals surface area contributed by atoms with Gasteiger partial charge in [-0.05, 0) is 68.2 Å². The van der Waals surface area contributed by atoms with Gasteiger partial charge < -0.3 is 19.7 Å². The number of rotatable bonds is 8. The fourth-order valence-corrected chi connectivity index (χ4v) is 3.11. The minimum absolute atomic E-state index is 0.0524. The molecular weight excluding hydrogens is 324 g/mol. The second-order valence-corrected chi connectivity index (χ2v) is 6.43. The van der Waals surface area contributed by atoms with Gasteiger partial charge in [0.15, 0.2) is 0 Å². The fraction of sp³-hybridized carbons (Fsp3) is 0.579. The Balaban J connectivity index is 1.76. The minimum atomic E-state index is -0.534. The van der Waals surface area contributed by atoms with Crippen LogP contribution in [0.5, 0.6) is 0 Å². The summed E-state index contributed by atoms with van der Waals surface area (Å²) in [5, 5.41) is 17.6. The SMILES string of the molecule is O=C(OCCO)c1ccc(C(=O)OCC2CCC(CCO)CC2)cc1. The van der Waals surface area contributed by atoms with Gasteiger partial charge in [-0.1, -0.05) is 0 Å². The normalized spacial score (nSPS) is 20.1. The highest BCUT2D eigenvalue weighted by atomic mass is 16.5. The third kappa shape index (κ3) is 6.14. The summed E-state index contributed by atoms with van der Waals surface area (Å²) in [5.41, 5.74) is 0.722. The van der Waals surface area contributed by atoms with Crippen LogP contribution in [0.25, 0.3) is 0 Å². The molecule has 1 fully saturated rings. The van der Waals surface area contributed by atoms with Crippen LogP contribution in [0.15, 0.2) is 24.3 Å². The predicted molar refractivity (Wildman–Crippen MR) is 91.2 cm³/mol. The molecule has 0 atom stereocenters. The molecule has 0 amide bonds. The predicted octanol–water partition coefficient (Wildman–Crippen LogP) is 2.18. The Bertz CT molecular complexity index is 546. The van der Waals surface area contributed by atoms with Crippen LogP contribution < -0.4 is 0 Å². The summed E-state index contributed by atoms with van der Waals surface area (Å²) < 4.78 is 10.2. The second-order valence-electron chi connectivity index (χ2n) is 6.43. The van der Waals surface area contributed by atoms with E-state index in [1.807, 2.05) is 0 Å². The molecule has 0 radical (unpaired) electrons. The first kappa shape index (κ1) is 19.4. The molecule has 0 heterocycles. The van der Waals surface area contributed by atoms with Gasteiger partial charge in [-0.25, -0.2) is 9.59 Å². The Morgan fingerprint density at radius 3 is 1.88 bits per heavy atom. The Morgan fingerprint density at radius 1 is 0.840 bits per heavy atom. The van der Waals surface area contributed by atoms with Crippen molar-refractivity contribution in [2.45, 2.75) is 32.1 Å². The first-order valence-corrected chi connectivity index (χ1v) is 8.80. The van der Waals surface area contributed by atoms with Crippen molar-refractivity contribution >= 4 is 11.9 Å². The molecule has 25 heavy (non-hydrogen) atoms. The summed E-state index contributed by atoms with van der Waals surface area (Å²) >= 11 is 0. The zero-order valence-electron chi connectivity index (χ0n) is 14.4. The molecule has 2 rings (SSSR count). The van der Waals surface area contributed by atoms with Crippen molar-refractivity contribution in [2.75, 3.05) is 26.4 Å². The van der Waals surface area contributed by atoms with Crippen molar-refractivity contribution in [3.63, 3.8) is 0 Å². The third-order valence-electron chi connectivity index (χ3n) is 4.63. The van der Waals surface area contributed by atoms with Crippen molar-refractivity contribution in [2.24, 2.45) is 11.8 Å². The largest absolute Gasteiger partial charge is 0.462 e. The first-order valence-electron chi connectivity index (χ1n) is 8.80. The standard InChI is InChI=1S/C19H26O6/c20-10-9-14-1-3-15(4-2-14)13-25-19(23)17-7-5-16(6-8-17)18(22)24-12-11-21/h5-8,14-15,20-21H,1-4,9-13H2. The number of carbonyl (C=O) groups excluding carboxylic acids is 2. The van der Waals surface area contributed by atoms with Crippen LogP contribution >= 0.6 is 0 Å². The molecule has 138 valence electrons.